The molecule has 0 aromatic heterocycles. The second-order valence-corrected chi connectivity index (χ2v) is 5.82. The SMILES string of the molecule is COc1ccc([C@H](C2CC2)N2C(=O)[C@@H](C)NC2=S)cc1. The monoisotopic (exact) mass is 290 g/mol. The van der Waals surface area contributed by atoms with Gasteiger partial charge in [0.25, 0.3) is 5.91 Å². The molecule has 0 unspecified atom stereocenters. The molecule has 0 spiro atoms. The van der Waals surface area contributed by atoms with Crippen LogP contribution in [0, 0.1) is 5.92 Å². The number of nitrogens with zero attached hydrogens (tertiary/aromatic N) is 1. The first kappa shape index (κ1) is 13.4. The van der Waals surface area contributed by atoms with Gasteiger partial charge in [-0.15, -0.1) is 0 Å². The van der Waals surface area contributed by atoms with Gasteiger partial charge in [-0.1, -0.05) is 12.1 Å². The first-order valence-corrected chi connectivity index (χ1v) is 7.30. The lowest BCUT2D eigenvalue weighted by molar-refractivity contribution is -0.128. The minimum absolute atomic E-state index is 0.0540. The molecule has 3 rings (SSSR count). The number of benzene rings is 1. The summed E-state index contributed by atoms with van der Waals surface area (Å²) in [7, 11) is 1.65. The first-order chi connectivity index (χ1) is 9.61. The fourth-order valence-corrected chi connectivity index (χ4v) is 3.11. The van der Waals surface area contributed by atoms with E-state index in [4.69, 9.17) is 17.0 Å². The predicted molar refractivity (Wildman–Crippen MR) is 80.5 cm³/mol. The minimum atomic E-state index is -0.220. The molecular weight excluding hydrogens is 272 g/mol. The van der Waals surface area contributed by atoms with Gasteiger partial charge in [-0.3, -0.25) is 9.69 Å². The van der Waals surface area contributed by atoms with Crippen molar-refractivity contribution in [2.24, 2.45) is 5.92 Å². The average molecular weight is 290 g/mol. The zero-order valence-electron chi connectivity index (χ0n) is 11.6. The third kappa shape index (κ3) is 2.26. The number of carbonyl (C=O) groups is 1. The number of methoxy groups -OCH3 is 1. The Bertz CT molecular complexity index is 539. The topological polar surface area (TPSA) is 41.6 Å². The molecule has 1 saturated carbocycles. The Morgan fingerprint density at radius 2 is 2.00 bits per heavy atom. The van der Waals surface area contributed by atoms with Crippen molar-refractivity contribution in [2.45, 2.75) is 31.8 Å². The Morgan fingerprint density at radius 1 is 1.35 bits per heavy atom. The van der Waals surface area contributed by atoms with Gasteiger partial charge in [0.1, 0.15) is 11.8 Å². The maximum Gasteiger partial charge on any atom is 0.251 e. The summed E-state index contributed by atoms with van der Waals surface area (Å²) >= 11 is 5.34. The van der Waals surface area contributed by atoms with Crippen molar-refractivity contribution in [1.82, 2.24) is 10.2 Å². The van der Waals surface area contributed by atoms with E-state index in [0.717, 1.165) is 24.2 Å². The van der Waals surface area contributed by atoms with Gasteiger partial charge in [-0.25, -0.2) is 0 Å². The molecule has 1 aromatic rings. The fraction of sp³-hybridized carbons (Fsp3) is 0.467. The normalized spacial score (nSPS) is 23.7. The number of amides is 1. The van der Waals surface area contributed by atoms with Crippen molar-refractivity contribution >= 4 is 23.2 Å². The van der Waals surface area contributed by atoms with E-state index in [0.29, 0.717) is 11.0 Å². The number of nitrogens with one attached hydrogen (secondary N) is 1. The number of hydrogen-bond acceptors (Lipinski definition) is 3. The minimum Gasteiger partial charge on any atom is -0.497 e. The van der Waals surface area contributed by atoms with E-state index in [2.05, 4.69) is 5.32 Å². The highest BCUT2D eigenvalue weighted by atomic mass is 32.1. The molecule has 1 aliphatic heterocycles. The van der Waals surface area contributed by atoms with E-state index in [-0.39, 0.29) is 18.0 Å². The average Bonchev–Trinajstić information content (AvgIpc) is 3.24. The summed E-state index contributed by atoms with van der Waals surface area (Å²) in [4.78, 5) is 14.1. The summed E-state index contributed by atoms with van der Waals surface area (Å²) in [5.41, 5.74) is 1.12. The lowest BCUT2D eigenvalue weighted by Gasteiger charge is -2.27. The highest BCUT2D eigenvalue weighted by molar-refractivity contribution is 7.80. The lowest BCUT2D eigenvalue weighted by Crippen LogP contribution is -2.36. The molecule has 1 aliphatic carbocycles. The fourth-order valence-electron chi connectivity index (χ4n) is 2.73. The van der Waals surface area contributed by atoms with E-state index >= 15 is 0 Å². The van der Waals surface area contributed by atoms with Crippen molar-refractivity contribution in [1.29, 1.82) is 0 Å². The summed E-state index contributed by atoms with van der Waals surface area (Å²) in [6.07, 6.45) is 2.30. The quantitative estimate of drug-likeness (QED) is 0.864. The molecule has 2 aliphatic rings. The number of rotatable bonds is 4. The van der Waals surface area contributed by atoms with Crippen LogP contribution >= 0.6 is 12.2 Å². The molecule has 0 radical (unpaired) electrons. The van der Waals surface area contributed by atoms with Gasteiger partial charge in [0, 0.05) is 0 Å². The smallest absolute Gasteiger partial charge is 0.251 e. The second-order valence-electron chi connectivity index (χ2n) is 5.43. The highest BCUT2D eigenvalue weighted by Gasteiger charge is 2.44. The summed E-state index contributed by atoms with van der Waals surface area (Å²) < 4.78 is 5.19. The number of ether oxygens (including phenoxy) is 1. The van der Waals surface area contributed by atoms with Crippen LogP contribution < -0.4 is 10.1 Å². The number of thiocarbonyl (C=S) groups is 1. The van der Waals surface area contributed by atoms with Gasteiger partial charge < -0.3 is 10.1 Å². The van der Waals surface area contributed by atoms with Gasteiger partial charge >= 0.3 is 0 Å². The van der Waals surface area contributed by atoms with Crippen LogP contribution in [0.2, 0.25) is 0 Å². The zero-order valence-corrected chi connectivity index (χ0v) is 12.4. The van der Waals surface area contributed by atoms with Crippen molar-refractivity contribution in [3.05, 3.63) is 29.8 Å². The lowest BCUT2D eigenvalue weighted by atomic mass is 10.0. The largest absolute Gasteiger partial charge is 0.497 e. The van der Waals surface area contributed by atoms with Gasteiger partial charge in [0.2, 0.25) is 0 Å². The molecule has 20 heavy (non-hydrogen) atoms. The summed E-state index contributed by atoms with van der Waals surface area (Å²) in [5, 5.41) is 3.61. The van der Waals surface area contributed by atoms with Crippen LogP contribution in [0.1, 0.15) is 31.4 Å². The predicted octanol–water partition coefficient (Wildman–Crippen LogP) is 2.25. The molecule has 1 saturated heterocycles. The van der Waals surface area contributed by atoms with Crippen LogP contribution in [0.25, 0.3) is 0 Å². The van der Waals surface area contributed by atoms with E-state index in [1.807, 2.05) is 31.2 Å². The van der Waals surface area contributed by atoms with Crippen LogP contribution in [0.15, 0.2) is 24.3 Å². The molecule has 1 amide bonds. The van der Waals surface area contributed by atoms with Crippen LogP contribution in [0.5, 0.6) is 5.75 Å². The number of carbonyl (C=O) groups excluding carboxylic acids is 1. The highest BCUT2D eigenvalue weighted by Crippen LogP contribution is 2.45. The molecule has 1 heterocycles. The first-order valence-electron chi connectivity index (χ1n) is 6.89. The number of hydrogen-bond donors (Lipinski definition) is 1. The Balaban J connectivity index is 1.92. The third-order valence-corrected chi connectivity index (χ3v) is 4.29. The molecule has 1 aromatic carbocycles. The van der Waals surface area contributed by atoms with Gasteiger partial charge in [-0.2, -0.15) is 0 Å². The molecule has 4 nitrogen and oxygen atoms in total. The Labute approximate surface area is 124 Å². The Morgan fingerprint density at radius 3 is 2.45 bits per heavy atom. The Kier molecular flexibility index (Phi) is 3.38. The molecule has 106 valence electrons. The van der Waals surface area contributed by atoms with E-state index in [1.165, 1.54) is 0 Å². The van der Waals surface area contributed by atoms with Gasteiger partial charge in [0.15, 0.2) is 5.11 Å². The van der Waals surface area contributed by atoms with Crippen molar-refractivity contribution in [3.63, 3.8) is 0 Å². The summed E-state index contributed by atoms with van der Waals surface area (Å²) in [6, 6.07) is 7.76. The van der Waals surface area contributed by atoms with Gasteiger partial charge in [0.05, 0.1) is 13.2 Å². The van der Waals surface area contributed by atoms with E-state index in [1.54, 1.807) is 12.0 Å². The van der Waals surface area contributed by atoms with Crippen molar-refractivity contribution in [2.75, 3.05) is 7.11 Å². The summed E-state index contributed by atoms with van der Waals surface area (Å²) in [5.74, 6) is 1.41. The molecule has 2 atom stereocenters. The van der Waals surface area contributed by atoms with Crippen LogP contribution in [-0.2, 0) is 4.79 Å². The maximum atomic E-state index is 12.3. The maximum absolute atomic E-state index is 12.3. The molecule has 5 heteroatoms. The molecule has 2 fully saturated rings. The van der Waals surface area contributed by atoms with Crippen LogP contribution in [0.3, 0.4) is 0 Å². The zero-order chi connectivity index (χ0) is 14.3. The van der Waals surface area contributed by atoms with Gasteiger partial charge in [-0.05, 0) is 55.6 Å². The van der Waals surface area contributed by atoms with E-state index < -0.39 is 0 Å². The molecular formula is C15H18N2O2S. The Hall–Kier alpha value is -1.62. The van der Waals surface area contributed by atoms with E-state index in [9.17, 15) is 4.79 Å². The van der Waals surface area contributed by atoms with Crippen molar-refractivity contribution in [3.8, 4) is 5.75 Å². The third-order valence-electron chi connectivity index (χ3n) is 3.97. The van der Waals surface area contributed by atoms with Crippen LogP contribution in [-0.4, -0.2) is 29.1 Å². The molecule has 0 bridgehead atoms. The second kappa shape index (κ2) is 5.05. The molecule has 1 N–H and O–H groups in total. The van der Waals surface area contributed by atoms with Crippen LogP contribution in [0.4, 0.5) is 0 Å². The summed E-state index contributed by atoms with van der Waals surface area (Å²) in [6.45, 7) is 1.85. The standard InChI is InChI=1S/C15H18N2O2S/c1-9-14(18)17(15(20)16-9)13(10-3-4-10)11-5-7-12(19-2)8-6-11/h5-10,13H,3-4H2,1-2H3,(H,16,20)/t9-,13+/m1/s1. The van der Waals surface area contributed by atoms with Crippen molar-refractivity contribution < 1.29 is 9.53 Å².